The number of hydrogen-bond donors (Lipinski definition) is 3. The third kappa shape index (κ3) is 7.64. The first kappa shape index (κ1) is 29.0. The van der Waals surface area contributed by atoms with Crippen molar-refractivity contribution in [3.8, 4) is 0 Å². The molecule has 41 heavy (non-hydrogen) atoms. The molecule has 1 aromatic heterocycles. The third-order valence-electron chi connectivity index (χ3n) is 7.89. The average Bonchev–Trinajstić information content (AvgIpc) is 2.97. The average molecular weight is 572 g/mol. The molecule has 0 saturated heterocycles. The second-order valence-corrected chi connectivity index (χ2v) is 13.1. The maximum absolute atomic E-state index is 13.2. The number of nitrogens with one attached hydrogen (secondary N) is 3. The molecule has 1 saturated carbocycles. The molecule has 5 rings (SSSR count). The fourth-order valence-electron chi connectivity index (χ4n) is 5.62. The van der Waals surface area contributed by atoms with Crippen LogP contribution in [0.3, 0.4) is 0 Å². The lowest BCUT2D eigenvalue weighted by Crippen LogP contribution is -2.47. The van der Waals surface area contributed by atoms with Crippen molar-refractivity contribution in [2.24, 2.45) is 0 Å². The maximum atomic E-state index is 13.2. The Morgan fingerprint density at radius 1 is 0.878 bits per heavy atom. The van der Waals surface area contributed by atoms with Crippen LogP contribution in [0.25, 0.3) is 10.9 Å². The highest BCUT2D eigenvalue weighted by molar-refractivity contribution is 7.89. The summed E-state index contributed by atoms with van der Waals surface area (Å²) in [5, 5.41) is 8.51. The molecule has 8 heteroatoms. The molecule has 0 spiro atoms. The van der Waals surface area contributed by atoms with Gasteiger partial charge in [-0.25, -0.2) is 18.1 Å². The number of nitrogens with zero attached hydrogens (tertiary/aromatic N) is 2. The molecule has 4 aromatic rings. The Hall–Kier alpha value is -3.46. The Morgan fingerprint density at radius 2 is 1.54 bits per heavy atom. The number of sulfonamides is 1. The molecular formula is C33H41N5O2S. The van der Waals surface area contributed by atoms with Crippen molar-refractivity contribution in [1.29, 1.82) is 0 Å². The lowest BCUT2D eigenvalue weighted by atomic mass is 9.91. The van der Waals surface area contributed by atoms with Gasteiger partial charge in [0.1, 0.15) is 5.82 Å². The summed E-state index contributed by atoms with van der Waals surface area (Å²) in [5.74, 6) is 0.914. The van der Waals surface area contributed by atoms with Crippen LogP contribution in [0.2, 0.25) is 0 Å². The van der Waals surface area contributed by atoms with Crippen molar-refractivity contribution in [2.75, 3.05) is 30.9 Å². The van der Waals surface area contributed by atoms with Gasteiger partial charge in [0.15, 0.2) is 0 Å². The van der Waals surface area contributed by atoms with Crippen molar-refractivity contribution < 1.29 is 8.42 Å². The molecule has 0 radical (unpaired) electrons. The van der Waals surface area contributed by atoms with Gasteiger partial charge in [0.25, 0.3) is 0 Å². The van der Waals surface area contributed by atoms with Crippen LogP contribution < -0.4 is 20.3 Å². The largest absolute Gasteiger partial charge is 0.377 e. The quantitative estimate of drug-likeness (QED) is 0.220. The number of anilines is 2. The summed E-state index contributed by atoms with van der Waals surface area (Å²) in [6, 6.07) is 27.9. The number of rotatable bonds is 11. The number of para-hydroxylation sites is 1. The first-order valence-electron chi connectivity index (χ1n) is 14.5. The van der Waals surface area contributed by atoms with Crippen LogP contribution in [-0.4, -0.2) is 52.2 Å². The monoisotopic (exact) mass is 571 g/mol. The Labute approximate surface area is 244 Å². The second kappa shape index (κ2) is 13.0. The zero-order chi connectivity index (χ0) is 28.8. The third-order valence-corrected chi connectivity index (χ3v) is 9.42. The van der Waals surface area contributed by atoms with Crippen LogP contribution in [0.15, 0.2) is 89.8 Å². The zero-order valence-corrected chi connectivity index (χ0v) is 25.0. The SMILES string of the molecule is Cc1ccc(S(=O)(=O)N[C@H](CNC2CCC(Nc3cc(N(C)C)c4ccccc4n3)CC2)Cc2ccccc2)cc1. The minimum atomic E-state index is -3.63. The van der Waals surface area contributed by atoms with E-state index in [1.807, 2.05) is 55.5 Å². The molecule has 0 amide bonds. The highest BCUT2D eigenvalue weighted by atomic mass is 32.2. The Balaban J connectivity index is 1.19. The molecule has 1 fully saturated rings. The lowest BCUT2D eigenvalue weighted by Gasteiger charge is -2.31. The van der Waals surface area contributed by atoms with E-state index in [2.05, 4.69) is 58.6 Å². The predicted molar refractivity (Wildman–Crippen MR) is 169 cm³/mol. The van der Waals surface area contributed by atoms with Gasteiger partial charge in [0, 0.05) is 55.9 Å². The summed E-state index contributed by atoms with van der Waals surface area (Å²) in [6.07, 6.45) is 4.73. The summed E-state index contributed by atoms with van der Waals surface area (Å²) >= 11 is 0. The molecular weight excluding hydrogens is 530 g/mol. The number of aryl methyl sites for hydroxylation is 1. The Kier molecular flexibility index (Phi) is 9.22. The lowest BCUT2D eigenvalue weighted by molar-refractivity contribution is 0.342. The van der Waals surface area contributed by atoms with Crippen molar-refractivity contribution >= 4 is 32.4 Å². The van der Waals surface area contributed by atoms with E-state index in [1.54, 1.807) is 12.1 Å². The molecule has 1 aliphatic rings. The molecule has 0 unspecified atom stereocenters. The van der Waals surface area contributed by atoms with Crippen LogP contribution in [0.4, 0.5) is 11.5 Å². The van der Waals surface area contributed by atoms with Gasteiger partial charge in [-0.1, -0.05) is 66.2 Å². The van der Waals surface area contributed by atoms with Crippen molar-refractivity contribution in [1.82, 2.24) is 15.0 Å². The van der Waals surface area contributed by atoms with E-state index in [9.17, 15) is 8.42 Å². The molecule has 216 valence electrons. The van der Waals surface area contributed by atoms with E-state index in [0.29, 0.717) is 29.9 Å². The van der Waals surface area contributed by atoms with Crippen molar-refractivity contribution in [3.63, 3.8) is 0 Å². The number of benzene rings is 3. The van der Waals surface area contributed by atoms with E-state index in [1.165, 1.54) is 0 Å². The molecule has 3 N–H and O–H groups in total. The van der Waals surface area contributed by atoms with E-state index in [-0.39, 0.29) is 6.04 Å². The molecule has 3 aromatic carbocycles. The smallest absolute Gasteiger partial charge is 0.240 e. The summed E-state index contributed by atoms with van der Waals surface area (Å²) in [7, 11) is 0.499. The highest BCUT2D eigenvalue weighted by Gasteiger charge is 2.25. The first-order chi connectivity index (χ1) is 19.8. The zero-order valence-electron chi connectivity index (χ0n) is 24.2. The minimum Gasteiger partial charge on any atom is -0.377 e. The minimum absolute atomic E-state index is 0.259. The van der Waals surface area contributed by atoms with E-state index in [0.717, 1.165) is 59.2 Å². The van der Waals surface area contributed by atoms with Crippen LogP contribution in [0.1, 0.15) is 36.8 Å². The summed E-state index contributed by atoms with van der Waals surface area (Å²) < 4.78 is 29.4. The number of fused-ring (bicyclic) bond motifs is 1. The van der Waals surface area contributed by atoms with Gasteiger partial charge in [-0.3, -0.25) is 0 Å². The van der Waals surface area contributed by atoms with Gasteiger partial charge < -0.3 is 15.5 Å². The standard InChI is InChI=1S/C33H41N5O2S/c1-24-13-19-29(20-14-24)41(39,40)37-28(21-25-9-5-4-6-10-25)23-34-26-15-17-27(18-16-26)35-33-22-32(38(2)3)30-11-7-8-12-31(30)36-33/h4-14,19-20,22,26-28,34,37H,15-18,21,23H2,1-3H3,(H,35,36)/t26?,27?,28-/m0/s1. The van der Waals surface area contributed by atoms with Crippen molar-refractivity contribution in [3.05, 3.63) is 96.1 Å². The molecule has 1 atom stereocenters. The topological polar surface area (TPSA) is 86.4 Å². The van der Waals surface area contributed by atoms with Gasteiger partial charge in [-0.05, 0) is 62.8 Å². The van der Waals surface area contributed by atoms with Crippen LogP contribution in [-0.2, 0) is 16.4 Å². The van der Waals surface area contributed by atoms with Crippen molar-refractivity contribution in [2.45, 2.75) is 62.0 Å². The number of pyridine rings is 1. The van der Waals surface area contributed by atoms with Gasteiger partial charge in [0.2, 0.25) is 10.0 Å². The second-order valence-electron chi connectivity index (χ2n) is 11.4. The normalized spacial score (nSPS) is 18.2. The summed E-state index contributed by atoms with van der Waals surface area (Å²) in [6.45, 7) is 2.52. The number of aromatic nitrogens is 1. The van der Waals surface area contributed by atoms with E-state index >= 15 is 0 Å². The van der Waals surface area contributed by atoms with Crippen LogP contribution in [0.5, 0.6) is 0 Å². The summed E-state index contributed by atoms with van der Waals surface area (Å²) in [5.41, 5.74) is 4.30. The predicted octanol–water partition coefficient (Wildman–Crippen LogP) is 5.51. The van der Waals surface area contributed by atoms with E-state index in [4.69, 9.17) is 4.98 Å². The van der Waals surface area contributed by atoms with Gasteiger partial charge in [0.05, 0.1) is 10.4 Å². The van der Waals surface area contributed by atoms with Gasteiger partial charge >= 0.3 is 0 Å². The van der Waals surface area contributed by atoms with Gasteiger partial charge in [-0.2, -0.15) is 0 Å². The molecule has 1 heterocycles. The highest BCUT2D eigenvalue weighted by Crippen LogP contribution is 2.29. The molecule has 0 aliphatic heterocycles. The summed E-state index contributed by atoms with van der Waals surface area (Å²) in [4.78, 5) is 7.31. The maximum Gasteiger partial charge on any atom is 0.240 e. The van der Waals surface area contributed by atoms with Gasteiger partial charge in [-0.15, -0.1) is 0 Å². The molecule has 0 bridgehead atoms. The Morgan fingerprint density at radius 3 is 2.24 bits per heavy atom. The molecule has 7 nitrogen and oxygen atoms in total. The first-order valence-corrected chi connectivity index (χ1v) is 15.9. The molecule has 1 aliphatic carbocycles. The number of hydrogen-bond acceptors (Lipinski definition) is 6. The fraction of sp³-hybridized carbons (Fsp3) is 0.364. The van der Waals surface area contributed by atoms with E-state index < -0.39 is 10.0 Å². The van der Waals surface area contributed by atoms with Crippen LogP contribution >= 0.6 is 0 Å². The fourth-order valence-corrected chi connectivity index (χ4v) is 6.86. The van der Waals surface area contributed by atoms with Crippen LogP contribution in [0, 0.1) is 6.92 Å². The Bertz CT molecular complexity index is 1530.